The van der Waals surface area contributed by atoms with Crippen LogP contribution in [0.3, 0.4) is 0 Å². The van der Waals surface area contributed by atoms with Crippen molar-refractivity contribution < 1.29 is 70.2 Å². The molecule has 0 saturated carbocycles. The van der Waals surface area contributed by atoms with Crippen LogP contribution in [0, 0.1) is 17.5 Å². The molecular weight excluding hydrogens is 1090 g/mol. The Labute approximate surface area is 386 Å². The molecule has 8 rings (SSSR count). The lowest BCUT2D eigenvalue weighted by Gasteiger charge is -2.19. The van der Waals surface area contributed by atoms with E-state index in [-0.39, 0.29) is 15.2 Å². The van der Waals surface area contributed by atoms with E-state index < -0.39 is 106 Å². The van der Waals surface area contributed by atoms with Gasteiger partial charge >= 0.3 is 36.6 Å². The molecule has 0 aliphatic rings. The van der Waals surface area contributed by atoms with E-state index in [0.717, 1.165) is 18.7 Å². The van der Waals surface area contributed by atoms with Gasteiger partial charge in [0.25, 0.3) is 11.1 Å². The fraction of sp³-hybridized carbons (Fsp3) is 0.263. The van der Waals surface area contributed by atoms with Gasteiger partial charge in [-0.1, -0.05) is 12.1 Å². The number of alkyl halides is 16. The first-order chi connectivity index (χ1) is 31.8. The van der Waals surface area contributed by atoms with Crippen LogP contribution in [0.15, 0.2) is 95.6 Å². The van der Waals surface area contributed by atoms with Crippen molar-refractivity contribution in [3.8, 4) is 28.1 Å². The number of nitrogens with zero attached hydrogens (tertiary/aromatic N) is 11. The van der Waals surface area contributed by atoms with Crippen LogP contribution in [0.1, 0.15) is 22.8 Å². The highest BCUT2D eigenvalue weighted by Gasteiger charge is 2.58. The smallest absolute Gasteiger partial charge is 0.328 e. The number of pyridine rings is 2. The van der Waals surface area contributed by atoms with Crippen LogP contribution in [0.5, 0.6) is 0 Å². The minimum Gasteiger partial charge on any atom is -0.328 e. The van der Waals surface area contributed by atoms with Crippen molar-refractivity contribution in [2.75, 3.05) is 0 Å². The Kier molecular flexibility index (Phi) is 13.9. The van der Waals surface area contributed by atoms with Gasteiger partial charge in [-0.25, -0.2) is 15.0 Å². The number of H-pyrrole nitrogens is 1. The van der Waals surface area contributed by atoms with Gasteiger partial charge in [-0.2, -0.15) is 80.4 Å². The summed E-state index contributed by atoms with van der Waals surface area (Å²) in [5.41, 5.74) is -8.38. The summed E-state index contributed by atoms with van der Waals surface area (Å²) in [6, 6.07) is 10.5. The molecule has 0 spiro atoms. The van der Waals surface area contributed by atoms with Crippen molar-refractivity contribution in [3.63, 3.8) is 0 Å². The van der Waals surface area contributed by atoms with E-state index in [9.17, 15) is 79.8 Å². The third-order valence-electron chi connectivity index (χ3n) is 9.15. The Hall–Kier alpha value is -6.83. The van der Waals surface area contributed by atoms with Crippen LogP contribution in [0.25, 0.3) is 39.6 Å². The average molecular weight is 1110 g/mol. The molecule has 14 nitrogen and oxygen atoms in total. The molecule has 0 aliphatic carbocycles. The first kappa shape index (κ1) is 51.6. The molecule has 0 bridgehead atoms. The Bertz CT molecular complexity index is 3220. The number of hydrogen-bond donors (Lipinski definition) is 1. The van der Waals surface area contributed by atoms with E-state index in [0.29, 0.717) is 36.2 Å². The Morgan fingerprint density at radius 1 is 0.594 bits per heavy atom. The van der Waals surface area contributed by atoms with Crippen LogP contribution >= 0.6 is 22.6 Å². The minimum atomic E-state index is -5.90. The van der Waals surface area contributed by atoms with Gasteiger partial charge in [-0.15, -0.1) is 0 Å². The standard InChI is InChI=1S/C19H12F8N6O.C14H9F8N5O.C5H4IN/c1-10-7-32-15(34)13(11-6-29-31(8-11)9-17(20,21)19(25,26)27)14(18(22,23)24)30-16(32)33(10)12-4-2-3-5-28-12;1-6-3-27-10(28)8(9(13(17,18)19)25-11(27)24-6)7-2-23-26(4-7)5-12(15,16)14(20,21)22;6-5-3-1-2-4-7-5/h2-8H,9H2,1H3;2-4H,5H2,1H3,(H,24,25);1-4H. The second-order valence-electron chi connectivity index (χ2n) is 14.3. The number of rotatable bonds is 7. The molecular formula is C38H25F16IN12O2. The van der Waals surface area contributed by atoms with Gasteiger partial charge in [0.05, 0.1) is 23.5 Å². The van der Waals surface area contributed by atoms with E-state index in [1.807, 2.05) is 18.2 Å². The number of aryl methyl sites for hydroxylation is 2. The molecule has 0 aromatic carbocycles. The molecule has 8 aromatic heterocycles. The number of halogens is 17. The van der Waals surface area contributed by atoms with Crippen molar-refractivity contribution in [2.24, 2.45) is 0 Å². The second kappa shape index (κ2) is 18.6. The molecule has 31 heteroatoms. The molecule has 8 aromatic rings. The first-order valence-corrected chi connectivity index (χ1v) is 19.7. The maximum Gasteiger partial charge on any atom is 0.455 e. The maximum absolute atomic E-state index is 13.9. The highest BCUT2D eigenvalue weighted by atomic mass is 127. The predicted octanol–water partition coefficient (Wildman–Crippen LogP) is 9.37. The number of fused-ring (bicyclic) bond motifs is 2. The molecule has 0 radical (unpaired) electrons. The van der Waals surface area contributed by atoms with Crippen molar-refractivity contribution in [1.82, 2.24) is 57.8 Å². The summed E-state index contributed by atoms with van der Waals surface area (Å²) in [6.45, 7) is -0.993. The number of aromatic nitrogens is 12. The third-order valence-corrected chi connectivity index (χ3v) is 9.79. The van der Waals surface area contributed by atoms with E-state index in [2.05, 4.69) is 57.7 Å². The molecule has 368 valence electrons. The van der Waals surface area contributed by atoms with Crippen LogP contribution in [0.4, 0.5) is 70.2 Å². The van der Waals surface area contributed by atoms with Gasteiger partial charge in [0.15, 0.2) is 11.4 Å². The Balaban J connectivity index is 0.000000201. The molecule has 0 aliphatic heterocycles. The largest absolute Gasteiger partial charge is 0.455 e. The zero-order chi connectivity index (χ0) is 51.2. The maximum atomic E-state index is 13.9. The number of hydrogen-bond acceptors (Lipinski definition) is 8. The highest BCUT2D eigenvalue weighted by Crippen LogP contribution is 2.40. The van der Waals surface area contributed by atoms with Crippen molar-refractivity contribution in [1.29, 1.82) is 0 Å². The normalized spacial score (nSPS) is 12.8. The Morgan fingerprint density at radius 3 is 1.49 bits per heavy atom. The van der Waals surface area contributed by atoms with E-state index in [1.54, 1.807) is 18.3 Å². The summed E-state index contributed by atoms with van der Waals surface area (Å²) in [4.78, 5) is 43.0. The zero-order valence-electron chi connectivity index (χ0n) is 34.2. The number of aromatic amines is 1. The van der Waals surface area contributed by atoms with Crippen LogP contribution < -0.4 is 11.1 Å². The summed E-state index contributed by atoms with van der Waals surface area (Å²) in [7, 11) is 0. The van der Waals surface area contributed by atoms with Crippen LogP contribution in [-0.2, 0) is 25.4 Å². The van der Waals surface area contributed by atoms with Gasteiger partial charge < -0.3 is 4.98 Å². The first-order valence-electron chi connectivity index (χ1n) is 18.6. The van der Waals surface area contributed by atoms with Crippen molar-refractivity contribution in [2.45, 2.75) is 63.5 Å². The Morgan fingerprint density at radius 2 is 1.07 bits per heavy atom. The van der Waals surface area contributed by atoms with E-state index in [4.69, 9.17) is 0 Å². The molecule has 0 atom stereocenters. The van der Waals surface area contributed by atoms with Crippen LogP contribution in [-0.4, -0.2) is 82.0 Å². The molecule has 69 heavy (non-hydrogen) atoms. The van der Waals surface area contributed by atoms with E-state index >= 15 is 0 Å². The van der Waals surface area contributed by atoms with E-state index in [1.165, 1.54) is 36.9 Å². The molecule has 0 fully saturated rings. The average Bonchev–Trinajstić information content (AvgIpc) is 4.03. The summed E-state index contributed by atoms with van der Waals surface area (Å²) in [5, 5.41) is 6.51. The SMILES string of the molecule is Cc1cn2c(=O)c(-c3cnn(CC(F)(F)C(F)(F)F)c3)c(C(F)(F)F)nc2[nH]1.Cc1cn2c(=O)c(-c3cnn(CC(F)(F)C(F)(F)F)c3)c(C(F)(F)F)nc2n1-c1ccccn1.Ic1ccccn1. The molecule has 0 unspecified atom stereocenters. The number of imidazole rings is 2. The molecule has 1 N–H and O–H groups in total. The van der Waals surface area contributed by atoms with Crippen molar-refractivity contribution in [3.05, 3.63) is 133 Å². The van der Waals surface area contributed by atoms with Gasteiger partial charge in [-0.3, -0.25) is 37.3 Å². The predicted molar refractivity (Wildman–Crippen MR) is 215 cm³/mol. The van der Waals surface area contributed by atoms with Gasteiger partial charge in [0.1, 0.15) is 22.6 Å². The fourth-order valence-electron chi connectivity index (χ4n) is 6.13. The second-order valence-corrected chi connectivity index (χ2v) is 15.4. The lowest BCUT2D eigenvalue weighted by atomic mass is 10.1. The lowest BCUT2D eigenvalue weighted by molar-refractivity contribution is -0.287. The molecule has 0 saturated heterocycles. The monoisotopic (exact) mass is 1110 g/mol. The lowest BCUT2D eigenvalue weighted by Crippen LogP contribution is -2.40. The zero-order valence-corrected chi connectivity index (χ0v) is 36.3. The summed E-state index contributed by atoms with van der Waals surface area (Å²) in [5.74, 6) is -11.0. The summed E-state index contributed by atoms with van der Waals surface area (Å²) < 4.78 is 213. The van der Waals surface area contributed by atoms with Gasteiger partial charge in [-0.05, 0) is 60.7 Å². The number of nitrogens with one attached hydrogen (secondary N) is 1. The third kappa shape index (κ3) is 11.1. The summed E-state index contributed by atoms with van der Waals surface area (Å²) >= 11 is 2.17. The molecule has 0 amide bonds. The van der Waals surface area contributed by atoms with Gasteiger partial charge in [0.2, 0.25) is 11.6 Å². The minimum absolute atomic E-state index is 0.111. The molecule has 8 heterocycles. The topological polar surface area (TPSA) is 151 Å². The van der Waals surface area contributed by atoms with Crippen LogP contribution in [0.2, 0.25) is 0 Å². The fourth-order valence-corrected chi connectivity index (χ4v) is 6.50. The highest BCUT2D eigenvalue weighted by molar-refractivity contribution is 14.1. The quantitative estimate of drug-likeness (QED) is 0.0943. The van der Waals surface area contributed by atoms with Crippen molar-refractivity contribution >= 4 is 34.1 Å². The van der Waals surface area contributed by atoms with Gasteiger partial charge in [0, 0.05) is 59.7 Å². The summed E-state index contributed by atoms with van der Waals surface area (Å²) in [6.07, 6.45) is -14.3.